The first kappa shape index (κ1) is 153. The molecule has 2 fully saturated rings. The summed E-state index contributed by atoms with van der Waals surface area (Å²) in [6.07, 6.45) is 2.21. The molecule has 2 aliphatic heterocycles. The summed E-state index contributed by atoms with van der Waals surface area (Å²) >= 11 is 48.9. The average Bonchev–Trinajstić information content (AvgIpc) is 1.63. The number of hydrogen-bond donors (Lipinski definition) is 6. The van der Waals surface area contributed by atoms with Gasteiger partial charge in [-0.3, -0.25) is 105 Å². The molecule has 832 valence electrons. The molecule has 0 radical (unpaired) electrons. The van der Waals surface area contributed by atoms with Crippen molar-refractivity contribution in [2.45, 2.75) is 131 Å². The van der Waals surface area contributed by atoms with Gasteiger partial charge in [0.2, 0.25) is 0 Å². The number of likely N-dealkylation sites (N-methyl/N-ethyl adjacent to an activating group) is 1. The van der Waals surface area contributed by atoms with Crippen molar-refractivity contribution in [1.29, 1.82) is 5.26 Å². The van der Waals surface area contributed by atoms with E-state index in [0.29, 0.717) is 46.8 Å². The number of alkyl halides is 6. The number of carboxylic acids is 2. The molecule has 8 aromatic carbocycles. The number of aromatic carboxylic acids is 2. The number of hydrogen-bond acceptors (Lipinski definition) is 32. The van der Waals surface area contributed by atoms with Crippen LogP contribution in [0.25, 0.3) is 0 Å². The van der Waals surface area contributed by atoms with E-state index in [1.807, 2.05) is 20.8 Å². The molecule has 0 saturated carbocycles. The monoisotopic (exact) mass is 2890 g/mol. The number of halogens is 20. The first-order chi connectivity index (χ1) is 68.7. The molecule has 8 N–H and O–H groups in total. The van der Waals surface area contributed by atoms with E-state index >= 15 is 0 Å². The molecule has 0 atom stereocenters. The predicted molar refractivity (Wildman–Crippen MR) is 580 cm³/mol. The topological polar surface area (TPSA) is 685 Å². The number of nitriles is 1. The van der Waals surface area contributed by atoms with Crippen molar-refractivity contribution in [3.63, 3.8) is 0 Å². The van der Waals surface area contributed by atoms with Gasteiger partial charge in [0.25, 0.3) is 60.3 Å². The number of aliphatic hydroxyl groups excluding tert-OH is 1. The summed E-state index contributed by atoms with van der Waals surface area (Å²) in [6.45, 7) is 30.7. The number of aldehydes is 1. The van der Waals surface area contributed by atoms with Crippen LogP contribution >= 0.6 is 206 Å². The number of amides is 3. The zero-order chi connectivity index (χ0) is 119. The quantitative estimate of drug-likeness (QED) is 0.00479. The molecule has 2 aliphatic rings. The molecule has 0 unspecified atom stereocenters. The number of ether oxygens (including phenoxy) is 1. The number of allylic oxidation sites excluding steroid dienone is 2. The number of nitro benzene ring substituents is 9. The minimum Gasteiger partial charge on any atom is -0.478 e. The van der Waals surface area contributed by atoms with Crippen LogP contribution in [-0.4, -0.2) is 169 Å². The van der Waals surface area contributed by atoms with Crippen LogP contribution < -0.4 is 11.5 Å². The van der Waals surface area contributed by atoms with E-state index in [1.165, 1.54) is 104 Å². The van der Waals surface area contributed by atoms with E-state index in [1.54, 1.807) is 67.6 Å². The minimum atomic E-state index is -1.67. The normalized spacial score (nSPS) is 11.4. The number of quaternary nitrogens is 1. The molecule has 46 nitrogen and oxygen atoms in total. The third-order valence-electron chi connectivity index (χ3n) is 15.9. The van der Waals surface area contributed by atoms with Crippen LogP contribution in [0.3, 0.4) is 0 Å². The van der Waals surface area contributed by atoms with Crippen LogP contribution in [-0.2, 0) is 36.8 Å². The zero-order valence-corrected chi connectivity index (χ0v) is 101. The minimum absolute atomic E-state index is 0. The summed E-state index contributed by atoms with van der Waals surface area (Å²) in [7, 11) is 0.794. The van der Waals surface area contributed by atoms with Gasteiger partial charge in [-0.25, -0.2) is 45.5 Å². The Bertz CT molecular complexity index is 5900. The van der Waals surface area contributed by atoms with Crippen LogP contribution in [0.5, 0.6) is 0 Å². The second-order valence-corrected chi connectivity index (χ2v) is 40.2. The number of anilines is 2. The van der Waals surface area contributed by atoms with Gasteiger partial charge in [0.15, 0.2) is 17.2 Å². The number of nitrogens with two attached hydrogens (primary N) is 2. The van der Waals surface area contributed by atoms with Crippen LogP contribution in [0.1, 0.15) is 143 Å². The third-order valence-corrected chi connectivity index (χ3v) is 21.5. The van der Waals surface area contributed by atoms with Crippen molar-refractivity contribution >= 4 is 299 Å². The zero-order valence-electron chi connectivity index (χ0n) is 81.7. The largest absolute Gasteiger partial charge is 0.478 e. The standard InChI is InChI=1S/C7H4Br2FNO2.C7H3BrFNO4.C7H3BrFNO3.2C7H5BrFNO2.C7H5BrN2O4.C7H7BrN2O2.C7H6N2O4.C5H6Br2N2O2.C5H12NO2.C5H10.C4H9NO2.C2H3N.C2H6O.C2H6.CCl4.CH3F.Fe/c8-3-5-6(10)1-4(9)2-7(5)11(12)13;8-3-1-4(9)6(7(11)12)5(2-3)10(13)14;8-4-1-6(9)5(3-11)7(2-4)10(12)13;1-4-6(9)2-5(8)3-7(4)10(11)12;8-3-1-4(9)6(7(11)12)5(10)2-3;1-4-6(9(11)12)2-5(8)3-7(4)10(13)14;1-4-6(9)2-5(8)3-7(4)10(11)12;1-5-6(8(10)11)3-2-4-7(5)9(12)13;1-5(2)3(10)8(6)4(11)9(5)7;1-6(7)2-4-8-5-3-6;1-4-5(2)3;1-4(2,3)7-5-6;2*1-2-3;1-2;2-1(3,4)5;1-2;/h1-2H,3H2;1-2H,(H,11,12);1-3H;2-3H,1H3;1-2H,10H2,(H,11,12);2-3H,1H3;2-3H,9H2,1H3;2-4H,1H3;1-2H3;7H,2-5H2,1H3;4H,1-3H3;1-3H3;1H3;3H,2H2,1H3;1-2H3;;1H3;/q;;;;;;;;;+1;;;;;;;;/i;;;;;;;;;;;;;;;;1D;. The number of carboxylic acid groups (broad SMARTS) is 2. The Morgan fingerprint density at radius 1 is 0.573 bits per heavy atom. The van der Waals surface area contributed by atoms with Crippen molar-refractivity contribution in [1.82, 2.24) is 7.85 Å². The maximum absolute atomic E-state index is 13.1. The Morgan fingerprint density at radius 2 is 0.847 bits per heavy atom. The van der Waals surface area contributed by atoms with E-state index in [4.69, 9.17) is 84.6 Å². The van der Waals surface area contributed by atoms with Crippen LogP contribution in [0.4, 0.5) is 93.7 Å². The Hall–Kier alpha value is -9.96. The number of rotatable bonds is 14. The Kier molecular flexibility index (Phi) is 79.8. The third kappa shape index (κ3) is 62.3. The second-order valence-electron chi connectivity index (χ2n) is 28.4. The predicted octanol–water partition coefficient (Wildman–Crippen LogP) is 28.8. The average molecular weight is 2910 g/mol. The van der Waals surface area contributed by atoms with E-state index in [-0.39, 0.29) is 123 Å². The number of urea groups is 1. The molecule has 0 bridgehead atoms. The molecular weight excluding hydrogens is 2810 g/mol. The van der Waals surface area contributed by atoms with Gasteiger partial charge in [-0.1, -0.05) is 199 Å². The number of carbonyl (C=O) groups excluding carboxylic acids is 3. The number of carbonyl (C=O) groups is 5. The maximum atomic E-state index is 13.1. The van der Waals surface area contributed by atoms with E-state index < -0.39 is 141 Å². The SMILES string of the molecule is CC.CC#N.CC(C)(C)ON=O.CC1(C)C(=O)N(Br)C(=O)N1Br.CC=C(C)C.CCO.C[N+]1(O)CCOCC1.Cc1c(F)cc(Br)cc1[N+](=O)[O-].Cc1c(N)cc(Br)cc1[N+](=O)[O-].Cc1c([N+](=O)[O-])cc(Br)cc1[N+](=O)[O-].Cc1c([N+](=O)[O-])cccc1[N+](=O)[O-].ClC(Cl)(Cl)Cl.Nc1cc(Br)cc(F)c1C(=O)O.O=C(O)c1c(F)cc(Br)cc1[N+](=O)[O-].O=Cc1c(F)cc(Br)cc1[N+](=O)[O-].O=[N+]([O-])c1cc(Br)cc(F)c1CBr.[2H]CF.[Fe]. The maximum Gasteiger partial charge on any atom is 0.348 e. The molecule has 0 aliphatic carbocycles. The van der Waals surface area contributed by atoms with E-state index in [9.17, 15) is 151 Å². The number of nitrogen functional groups attached to an aromatic ring is 2. The van der Waals surface area contributed by atoms with Crippen LogP contribution in [0.15, 0.2) is 151 Å². The summed E-state index contributed by atoms with van der Waals surface area (Å²) in [4.78, 5) is 155. The fourth-order valence-electron chi connectivity index (χ4n) is 8.77. The number of benzene rings is 8. The molecule has 0 spiro atoms. The molecule has 8 aromatic rings. The summed E-state index contributed by atoms with van der Waals surface area (Å²) < 4.78 is 88.3. The van der Waals surface area contributed by atoms with Gasteiger partial charge in [-0.05, 0) is 139 Å². The first-order valence-corrected chi connectivity index (χ1v) is 49.0. The van der Waals surface area contributed by atoms with Gasteiger partial charge in [-0.15, -0.1) is 4.91 Å². The molecule has 10 rings (SSSR count). The Labute approximate surface area is 967 Å². The molecule has 0 aromatic heterocycles. The van der Waals surface area contributed by atoms with E-state index in [2.05, 4.69) is 190 Å². The van der Waals surface area contributed by atoms with Crippen molar-refractivity contribution in [2.75, 3.05) is 58.6 Å². The summed E-state index contributed by atoms with van der Waals surface area (Å²) in [5, 5.41) is 137. The molecule has 2 saturated heterocycles. The molecular formula is C83H93Br10Cl4F6FeN16O30+. The molecule has 3 amide bonds. The van der Waals surface area contributed by atoms with Gasteiger partial charge in [-0.2, -0.15) is 13.8 Å². The molecule has 150 heavy (non-hydrogen) atoms. The van der Waals surface area contributed by atoms with Crippen molar-refractivity contribution in [2.24, 2.45) is 5.34 Å². The summed E-state index contributed by atoms with van der Waals surface area (Å²) in [5.74, 6) is -7.35. The smallest absolute Gasteiger partial charge is 0.348 e. The van der Waals surface area contributed by atoms with Gasteiger partial charge in [0.05, 0.1) is 128 Å². The Balaban J connectivity index is -0.000000244. The number of imide groups is 1. The first-order valence-electron chi connectivity index (χ1n) is 40.1. The van der Waals surface area contributed by atoms with Crippen molar-refractivity contribution in [3.05, 3.63) is 316 Å². The number of aliphatic hydroxyl groups is 1. The van der Waals surface area contributed by atoms with Gasteiger partial charge in [0, 0.05) is 133 Å². The second kappa shape index (κ2) is 78.2. The Morgan fingerprint density at radius 3 is 1.11 bits per heavy atom. The van der Waals surface area contributed by atoms with Crippen molar-refractivity contribution < 1.29 is 148 Å². The van der Waals surface area contributed by atoms with E-state index in [0.717, 1.165) is 47.3 Å². The van der Waals surface area contributed by atoms with Crippen LogP contribution in [0.2, 0.25) is 0 Å². The van der Waals surface area contributed by atoms with Gasteiger partial charge >= 0.3 is 18.0 Å². The van der Waals surface area contributed by atoms with Crippen LogP contribution in [0, 0.1) is 164 Å². The fraction of sp³-hybridized carbons (Fsp3) is 0.325. The molecule has 67 heteroatoms. The van der Waals surface area contributed by atoms with Gasteiger partial charge < -0.3 is 36.4 Å². The van der Waals surface area contributed by atoms with Crippen molar-refractivity contribution in [3.8, 4) is 6.07 Å². The number of hydroxylamine groups is 3. The van der Waals surface area contributed by atoms with Gasteiger partial charge in [0.1, 0.15) is 75.6 Å². The summed E-state index contributed by atoms with van der Waals surface area (Å²) in [6, 6.07) is 21.9. The fourth-order valence-corrected chi connectivity index (χ4v) is 13.5. The molecule has 2 heterocycles. The number of nitro groups is 9. The summed E-state index contributed by atoms with van der Waals surface area (Å²) in [5.41, 5.74) is 7.42. The number of nitrogens with zero attached hydrogens (tertiary/aromatic N) is 14. The number of morpholine rings is 1.